The van der Waals surface area contributed by atoms with Gasteiger partial charge in [0.15, 0.2) is 0 Å². The number of benzene rings is 1. The second-order valence-corrected chi connectivity index (χ2v) is 4.50. The van der Waals surface area contributed by atoms with Gasteiger partial charge in [-0.3, -0.25) is 0 Å². The summed E-state index contributed by atoms with van der Waals surface area (Å²) in [7, 11) is 0. The van der Waals surface area contributed by atoms with Crippen LogP contribution in [0.3, 0.4) is 0 Å². The van der Waals surface area contributed by atoms with Crippen molar-refractivity contribution in [1.82, 2.24) is 5.32 Å². The Morgan fingerprint density at radius 3 is 2.65 bits per heavy atom. The van der Waals surface area contributed by atoms with E-state index >= 15 is 0 Å². The summed E-state index contributed by atoms with van der Waals surface area (Å²) in [6.07, 6.45) is -1.57. The fraction of sp³-hybridized carbons (Fsp3) is 0.538. The smallest absolute Gasteiger partial charge is 0.105 e. The van der Waals surface area contributed by atoms with Gasteiger partial charge in [-0.15, -0.1) is 0 Å². The summed E-state index contributed by atoms with van der Waals surface area (Å²) in [5.74, 6) is 0. The molecule has 94 valence electrons. The van der Waals surface area contributed by atoms with Crippen LogP contribution in [0.15, 0.2) is 30.3 Å². The number of aliphatic hydroxyl groups is 2. The summed E-state index contributed by atoms with van der Waals surface area (Å²) < 4.78 is 5.23. The summed E-state index contributed by atoms with van der Waals surface area (Å²) in [6.45, 7) is 2.66. The van der Waals surface area contributed by atoms with Gasteiger partial charge in [0.1, 0.15) is 6.10 Å². The molecule has 1 aliphatic rings. The fourth-order valence-electron chi connectivity index (χ4n) is 2.09. The monoisotopic (exact) mass is 237 g/mol. The predicted octanol–water partition coefficient (Wildman–Crippen LogP) is 0.458. The molecule has 4 heteroatoms. The van der Waals surface area contributed by atoms with E-state index in [0.29, 0.717) is 6.61 Å². The van der Waals surface area contributed by atoms with Crippen LogP contribution in [0.4, 0.5) is 0 Å². The number of ether oxygens (including phenoxy) is 1. The molecule has 1 aromatic carbocycles. The molecule has 0 aromatic heterocycles. The number of aliphatic hydroxyl groups excluding tert-OH is 2. The Bertz CT molecular complexity index is 344. The van der Waals surface area contributed by atoms with Crippen molar-refractivity contribution in [2.45, 2.75) is 31.2 Å². The van der Waals surface area contributed by atoms with Crippen LogP contribution in [0.5, 0.6) is 0 Å². The van der Waals surface area contributed by atoms with Gasteiger partial charge in [0.25, 0.3) is 0 Å². The van der Waals surface area contributed by atoms with Crippen molar-refractivity contribution in [2.75, 3.05) is 13.2 Å². The summed E-state index contributed by atoms with van der Waals surface area (Å²) in [5.41, 5.74) is 1.15. The molecule has 3 N–H and O–H groups in total. The Morgan fingerprint density at radius 2 is 1.94 bits per heavy atom. The lowest BCUT2D eigenvalue weighted by atomic mass is 10.0. The van der Waals surface area contributed by atoms with Crippen LogP contribution in [0.2, 0.25) is 0 Å². The van der Waals surface area contributed by atoms with Gasteiger partial charge in [0.2, 0.25) is 0 Å². The molecule has 1 fully saturated rings. The van der Waals surface area contributed by atoms with Crippen LogP contribution in [0.25, 0.3) is 0 Å². The molecular weight excluding hydrogens is 218 g/mol. The molecule has 0 radical (unpaired) electrons. The van der Waals surface area contributed by atoms with Crippen molar-refractivity contribution in [3.05, 3.63) is 35.9 Å². The number of hydrogen-bond donors (Lipinski definition) is 3. The molecule has 2 rings (SSSR count). The highest BCUT2D eigenvalue weighted by atomic mass is 16.5. The Kier molecular flexibility index (Phi) is 4.12. The molecule has 0 spiro atoms. The van der Waals surface area contributed by atoms with E-state index in [0.717, 1.165) is 5.56 Å². The van der Waals surface area contributed by atoms with Gasteiger partial charge in [0.05, 0.1) is 25.4 Å². The second-order valence-electron chi connectivity index (χ2n) is 4.50. The van der Waals surface area contributed by atoms with E-state index in [9.17, 15) is 10.2 Å². The minimum atomic E-state index is -0.802. The third-order valence-corrected chi connectivity index (χ3v) is 3.16. The number of nitrogens with one attached hydrogen (secondary N) is 1. The van der Waals surface area contributed by atoms with Gasteiger partial charge in [0, 0.05) is 6.04 Å². The third-order valence-electron chi connectivity index (χ3n) is 3.16. The van der Waals surface area contributed by atoms with Crippen LogP contribution in [-0.2, 0) is 4.74 Å². The van der Waals surface area contributed by atoms with Crippen molar-refractivity contribution in [1.29, 1.82) is 0 Å². The van der Waals surface area contributed by atoms with Crippen molar-refractivity contribution in [3.8, 4) is 0 Å². The lowest BCUT2D eigenvalue weighted by Crippen LogP contribution is -2.54. The standard InChI is InChI=1S/C13H19NO3/c1-9(10-5-3-2-4-6-10)14-11-7-17-8-12(15)13(11)16/h2-6,9,11-16H,7-8H2,1H3/t9-,11-,12-,13+/m1/s1. The molecule has 0 bridgehead atoms. The lowest BCUT2D eigenvalue weighted by Gasteiger charge is -2.34. The minimum Gasteiger partial charge on any atom is -0.389 e. The van der Waals surface area contributed by atoms with E-state index in [1.54, 1.807) is 0 Å². The molecule has 4 atom stereocenters. The van der Waals surface area contributed by atoms with E-state index in [1.807, 2.05) is 37.3 Å². The first kappa shape index (κ1) is 12.5. The Hall–Kier alpha value is -0.940. The maximum Gasteiger partial charge on any atom is 0.105 e. The first-order valence-electron chi connectivity index (χ1n) is 5.93. The first-order chi connectivity index (χ1) is 8.18. The Morgan fingerprint density at radius 1 is 1.24 bits per heavy atom. The topological polar surface area (TPSA) is 61.7 Å². The quantitative estimate of drug-likeness (QED) is 0.714. The van der Waals surface area contributed by atoms with Crippen molar-refractivity contribution in [3.63, 3.8) is 0 Å². The highest BCUT2D eigenvalue weighted by molar-refractivity contribution is 5.18. The number of rotatable bonds is 3. The van der Waals surface area contributed by atoms with Gasteiger partial charge < -0.3 is 20.3 Å². The molecular formula is C13H19NO3. The Labute approximate surface area is 101 Å². The average Bonchev–Trinajstić information content (AvgIpc) is 2.36. The maximum absolute atomic E-state index is 9.84. The summed E-state index contributed by atoms with van der Waals surface area (Å²) in [4.78, 5) is 0. The maximum atomic E-state index is 9.84. The zero-order valence-corrected chi connectivity index (χ0v) is 9.91. The summed E-state index contributed by atoms with van der Waals surface area (Å²) >= 11 is 0. The molecule has 0 aliphatic carbocycles. The van der Waals surface area contributed by atoms with Gasteiger partial charge >= 0.3 is 0 Å². The molecule has 0 unspecified atom stereocenters. The van der Waals surface area contributed by atoms with Crippen LogP contribution in [0.1, 0.15) is 18.5 Å². The average molecular weight is 237 g/mol. The predicted molar refractivity (Wildman–Crippen MR) is 64.6 cm³/mol. The van der Waals surface area contributed by atoms with E-state index in [1.165, 1.54) is 0 Å². The third kappa shape index (κ3) is 3.04. The van der Waals surface area contributed by atoms with E-state index in [4.69, 9.17) is 4.74 Å². The van der Waals surface area contributed by atoms with Crippen LogP contribution < -0.4 is 5.32 Å². The fourth-order valence-corrected chi connectivity index (χ4v) is 2.09. The van der Waals surface area contributed by atoms with E-state index in [-0.39, 0.29) is 18.7 Å². The van der Waals surface area contributed by atoms with Crippen molar-refractivity contribution >= 4 is 0 Å². The summed E-state index contributed by atoms with van der Waals surface area (Å²) in [5, 5.41) is 22.6. The summed E-state index contributed by atoms with van der Waals surface area (Å²) in [6, 6.07) is 9.89. The van der Waals surface area contributed by atoms with Crippen molar-refractivity contribution in [2.24, 2.45) is 0 Å². The Balaban J connectivity index is 1.96. The van der Waals surface area contributed by atoms with Crippen LogP contribution in [-0.4, -0.2) is 41.7 Å². The minimum absolute atomic E-state index is 0.116. The molecule has 17 heavy (non-hydrogen) atoms. The van der Waals surface area contributed by atoms with Gasteiger partial charge in [-0.05, 0) is 12.5 Å². The molecule has 1 heterocycles. The zero-order valence-electron chi connectivity index (χ0n) is 9.91. The molecule has 1 aromatic rings. The first-order valence-corrected chi connectivity index (χ1v) is 5.93. The molecule has 4 nitrogen and oxygen atoms in total. The second kappa shape index (κ2) is 5.60. The van der Waals surface area contributed by atoms with E-state index < -0.39 is 12.2 Å². The zero-order chi connectivity index (χ0) is 12.3. The van der Waals surface area contributed by atoms with Gasteiger partial charge in [-0.1, -0.05) is 30.3 Å². The molecule has 1 saturated heterocycles. The molecule has 1 aliphatic heterocycles. The van der Waals surface area contributed by atoms with Crippen molar-refractivity contribution < 1.29 is 14.9 Å². The highest BCUT2D eigenvalue weighted by Crippen LogP contribution is 2.16. The van der Waals surface area contributed by atoms with E-state index in [2.05, 4.69) is 5.32 Å². The largest absolute Gasteiger partial charge is 0.389 e. The van der Waals surface area contributed by atoms with Crippen LogP contribution >= 0.6 is 0 Å². The van der Waals surface area contributed by atoms with Gasteiger partial charge in [-0.25, -0.2) is 0 Å². The van der Waals surface area contributed by atoms with Crippen LogP contribution in [0, 0.1) is 0 Å². The highest BCUT2D eigenvalue weighted by Gasteiger charge is 2.31. The van der Waals surface area contributed by atoms with Gasteiger partial charge in [-0.2, -0.15) is 0 Å². The molecule has 0 amide bonds. The lowest BCUT2D eigenvalue weighted by molar-refractivity contribution is -0.106. The molecule has 0 saturated carbocycles. The normalized spacial score (nSPS) is 31.1. The SMILES string of the molecule is C[C@@H](N[C@@H]1COC[C@@H](O)[C@H]1O)c1ccccc1. The number of hydrogen-bond acceptors (Lipinski definition) is 4.